The van der Waals surface area contributed by atoms with E-state index < -0.39 is 18.8 Å². The third kappa shape index (κ3) is 3.73. The lowest BCUT2D eigenvalue weighted by Crippen LogP contribution is -2.16. The lowest BCUT2D eigenvalue weighted by molar-refractivity contribution is -0.384. The quantitative estimate of drug-likeness (QED) is 0.477. The summed E-state index contributed by atoms with van der Waals surface area (Å²) in [7, 11) is -3.79. The maximum atomic E-state index is 12.6. The van der Waals surface area contributed by atoms with E-state index in [0.717, 1.165) is 5.56 Å². The smallest absolute Gasteiger partial charge is 0.404 e. The summed E-state index contributed by atoms with van der Waals surface area (Å²) < 4.78 is 28.5. The fourth-order valence-electron chi connectivity index (χ4n) is 2.12. The first-order valence-corrected chi connectivity index (χ1v) is 8.29. The van der Waals surface area contributed by atoms with Gasteiger partial charge in [-0.3, -0.25) is 24.1 Å². The van der Waals surface area contributed by atoms with E-state index in [4.69, 9.17) is 13.6 Å². The summed E-state index contributed by atoms with van der Waals surface area (Å²) in [5.74, 6) is 0.175. The third-order valence-corrected chi connectivity index (χ3v) is 4.67. The Kier molecular flexibility index (Phi) is 4.38. The van der Waals surface area contributed by atoms with Crippen LogP contribution in [0.4, 0.5) is 5.69 Å². The lowest BCUT2D eigenvalue weighted by Gasteiger charge is -2.28. The Bertz CT molecular complexity index is 737. The van der Waals surface area contributed by atoms with Crippen LogP contribution in [0.25, 0.3) is 0 Å². The van der Waals surface area contributed by atoms with Gasteiger partial charge in [0.2, 0.25) is 0 Å². The molecule has 0 saturated carbocycles. The fourth-order valence-corrected chi connectivity index (χ4v) is 3.53. The number of non-ortho nitro benzene ring substituents is 1. The van der Waals surface area contributed by atoms with Gasteiger partial charge in [0.05, 0.1) is 17.6 Å². The zero-order valence-corrected chi connectivity index (χ0v) is 12.8. The molecule has 0 bridgehead atoms. The van der Waals surface area contributed by atoms with Gasteiger partial charge in [-0.2, -0.15) is 0 Å². The van der Waals surface area contributed by atoms with Gasteiger partial charge in [0.25, 0.3) is 5.69 Å². The summed E-state index contributed by atoms with van der Waals surface area (Å²) in [5, 5.41) is 10.6. The zero-order chi connectivity index (χ0) is 16.3. The second-order valence-corrected chi connectivity index (χ2v) is 6.33. The van der Waals surface area contributed by atoms with Crippen molar-refractivity contribution in [3.8, 4) is 5.75 Å². The molecule has 2 aromatic rings. The van der Waals surface area contributed by atoms with Gasteiger partial charge in [-0.05, 0) is 29.8 Å². The van der Waals surface area contributed by atoms with Crippen LogP contribution in [0.2, 0.25) is 0 Å². The minimum absolute atomic E-state index is 0.0872. The topological polar surface area (TPSA) is 101 Å². The van der Waals surface area contributed by atoms with E-state index in [2.05, 4.69) is 4.98 Å². The molecule has 0 radical (unpaired) electrons. The van der Waals surface area contributed by atoms with E-state index in [1.165, 1.54) is 24.3 Å². The predicted molar refractivity (Wildman–Crippen MR) is 80.0 cm³/mol. The molecule has 1 saturated heterocycles. The van der Waals surface area contributed by atoms with Crippen LogP contribution in [0.3, 0.4) is 0 Å². The largest absolute Gasteiger partial charge is 0.530 e. The number of nitro benzene ring substituents is 1. The van der Waals surface area contributed by atoms with Crippen molar-refractivity contribution >= 4 is 13.5 Å². The number of nitrogens with zero attached hydrogens (tertiary/aromatic N) is 2. The molecule has 2 unspecified atom stereocenters. The number of hydrogen-bond donors (Lipinski definition) is 0. The molecule has 120 valence electrons. The minimum Gasteiger partial charge on any atom is -0.404 e. The number of phosphoric ester groups is 1. The standard InChI is InChI=1S/C14H13N2O6P/c17-16(18)12-1-3-13(4-2-12)21-23(19)20-10-7-14(22-23)11-5-8-15-9-6-11/h1-6,8-9,14H,7,10H2. The average molecular weight is 336 g/mol. The van der Waals surface area contributed by atoms with E-state index in [1.54, 1.807) is 24.5 Å². The lowest BCUT2D eigenvalue weighted by atomic mass is 10.1. The molecule has 1 aliphatic rings. The Labute approximate surface area is 131 Å². The van der Waals surface area contributed by atoms with Crippen LogP contribution in [0.1, 0.15) is 18.1 Å². The fraction of sp³-hybridized carbons (Fsp3) is 0.214. The Balaban J connectivity index is 1.73. The van der Waals surface area contributed by atoms with Crippen molar-refractivity contribution < 1.29 is 23.1 Å². The molecule has 1 fully saturated rings. The molecular formula is C14H13N2O6P. The molecule has 2 heterocycles. The zero-order valence-electron chi connectivity index (χ0n) is 11.9. The van der Waals surface area contributed by atoms with Crippen LogP contribution in [0.15, 0.2) is 48.8 Å². The number of benzene rings is 1. The number of hydrogen-bond acceptors (Lipinski definition) is 7. The van der Waals surface area contributed by atoms with Crippen molar-refractivity contribution in [3.63, 3.8) is 0 Å². The predicted octanol–water partition coefficient (Wildman–Crippen LogP) is 3.65. The molecule has 0 aliphatic carbocycles. The second kappa shape index (κ2) is 6.45. The molecule has 2 atom stereocenters. The first-order valence-electron chi connectivity index (χ1n) is 6.83. The Hall–Kier alpha value is -2.28. The van der Waals surface area contributed by atoms with Gasteiger partial charge in [0, 0.05) is 30.9 Å². The van der Waals surface area contributed by atoms with Crippen LogP contribution < -0.4 is 4.52 Å². The molecule has 0 amide bonds. The van der Waals surface area contributed by atoms with E-state index in [9.17, 15) is 14.7 Å². The van der Waals surface area contributed by atoms with E-state index in [1.807, 2.05) is 0 Å². The van der Waals surface area contributed by atoms with Crippen LogP contribution in [-0.2, 0) is 13.6 Å². The van der Waals surface area contributed by atoms with Crippen molar-refractivity contribution in [2.24, 2.45) is 0 Å². The minimum atomic E-state index is -3.79. The SMILES string of the molecule is O=[N+]([O-])c1ccc(OP2(=O)OCCC(c3ccncc3)O2)cc1. The molecule has 23 heavy (non-hydrogen) atoms. The molecule has 0 spiro atoms. The number of phosphoric acid groups is 1. The second-order valence-electron chi connectivity index (χ2n) is 4.79. The van der Waals surface area contributed by atoms with E-state index in [0.29, 0.717) is 6.42 Å². The van der Waals surface area contributed by atoms with E-state index in [-0.39, 0.29) is 18.0 Å². The highest BCUT2D eigenvalue weighted by molar-refractivity contribution is 7.49. The van der Waals surface area contributed by atoms with Crippen LogP contribution in [0.5, 0.6) is 5.75 Å². The summed E-state index contributed by atoms with van der Waals surface area (Å²) in [6.45, 7) is 0.219. The first-order chi connectivity index (χ1) is 11.1. The molecule has 1 aromatic heterocycles. The summed E-state index contributed by atoms with van der Waals surface area (Å²) in [6, 6.07) is 8.75. The van der Waals surface area contributed by atoms with E-state index >= 15 is 0 Å². The van der Waals surface area contributed by atoms with Gasteiger partial charge in [0.1, 0.15) is 5.75 Å². The van der Waals surface area contributed by atoms with Crippen molar-refractivity contribution in [2.75, 3.05) is 6.61 Å². The summed E-state index contributed by atoms with van der Waals surface area (Å²) >= 11 is 0. The highest BCUT2D eigenvalue weighted by Crippen LogP contribution is 2.56. The highest BCUT2D eigenvalue weighted by atomic mass is 31.2. The summed E-state index contributed by atoms with van der Waals surface area (Å²) in [4.78, 5) is 14.0. The maximum absolute atomic E-state index is 12.6. The van der Waals surface area contributed by atoms with Gasteiger partial charge in [-0.15, -0.1) is 0 Å². The molecule has 0 N–H and O–H groups in total. The Morgan fingerprint density at radius 3 is 2.57 bits per heavy atom. The highest BCUT2D eigenvalue weighted by Gasteiger charge is 2.37. The van der Waals surface area contributed by atoms with Crippen molar-refractivity contribution in [1.29, 1.82) is 0 Å². The van der Waals surface area contributed by atoms with Crippen LogP contribution in [-0.4, -0.2) is 16.5 Å². The first kappa shape index (κ1) is 15.6. The number of pyridine rings is 1. The number of nitro groups is 1. The van der Waals surface area contributed by atoms with Gasteiger partial charge in [-0.1, -0.05) is 0 Å². The van der Waals surface area contributed by atoms with Gasteiger partial charge in [0.15, 0.2) is 0 Å². The van der Waals surface area contributed by atoms with Gasteiger partial charge in [-0.25, -0.2) is 4.57 Å². The summed E-state index contributed by atoms with van der Waals surface area (Å²) in [6.07, 6.45) is 3.36. The summed E-state index contributed by atoms with van der Waals surface area (Å²) in [5.41, 5.74) is 0.742. The van der Waals surface area contributed by atoms with Crippen LogP contribution >= 0.6 is 7.82 Å². The normalized spacial score (nSPS) is 24.1. The molecule has 9 heteroatoms. The molecule has 1 aliphatic heterocycles. The molecule has 1 aromatic carbocycles. The van der Waals surface area contributed by atoms with Crippen molar-refractivity contribution in [2.45, 2.75) is 12.5 Å². The molecule has 3 rings (SSSR count). The maximum Gasteiger partial charge on any atom is 0.530 e. The van der Waals surface area contributed by atoms with Crippen molar-refractivity contribution in [1.82, 2.24) is 4.98 Å². The number of rotatable bonds is 4. The average Bonchev–Trinajstić information content (AvgIpc) is 2.56. The molecular weight excluding hydrogens is 323 g/mol. The van der Waals surface area contributed by atoms with Gasteiger partial charge < -0.3 is 4.52 Å². The van der Waals surface area contributed by atoms with Crippen LogP contribution in [0, 0.1) is 10.1 Å². The van der Waals surface area contributed by atoms with Gasteiger partial charge >= 0.3 is 7.82 Å². The third-order valence-electron chi connectivity index (χ3n) is 3.23. The Morgan fingerprint density at radius 2 is 1.91 bits per heavy atom. The number of aromatic nitrogens is 1. The monoisotopic (exact) mass is 336 g/mol. The Morgan fingerprint density at radius 1 is 1.22 bits per heavy atom. The molecule has 8 nitrogen and oxygen atoms in total. The van der Waals surface area contributed by atoms with Crippen molar-refractivity contribution in [3.05, 3.63) is 64.5 Å².